The van der Waals surface area contributed by atoms with Crippen LogP contribution in [0.1, 0.15) is 31.2 Å². The van der Waals surface area contributed by atoms with Crippen LogP contribution in [0, 0.1) is 0 Å². The average molecular weight is 410 g/mol. The highest BCUT2D eigenvalue weighted by molar-refractivity contribution is 5.94. The Labute approximate surface area is 174 Å². The summed E-state index contributed by atoms with van der Waals surface area (Å²) >= 11 is 0. The van der Waals surface area contributed by atoms with Crippen molar-refractivity contribution in [3.05, 3.63) is 36.2 Å². The molecule has 1 amide bonds. The van der Waals surface area contributed by atoms with Crippen LogP contribution < -0.4 is 20.7 Å². The van der Waals surface area contributed by atoms with Crippen LogP contribution in [0.2, 0.25) is 0 Å². The quantitative estimate of drug-likeness (QED) is 0.493. The van der Waals surface area contributed by atoms with Gasteiger partial charge >= 0.3 is 6.03 Å². The Balaban J connectivity index is 1.70. The predicted octanol–water partition coefficient (Wildman–Crippen LogP) is 3.22. The number of aliphatic hydroxyl groups is 1. The lowest BCUT2D eigenvalue weighted by molar-refractivity contribution is 0.239. The first kappa shape index (κ1) is 20.0. The number of rotatable bonds is 6. The largest absolute Gasteiger partial charge is 0.495 e. The summed E-state index contributed by atoms with van der Waals surface area (Å²) < 4.78 is 6.86. The van der Waals surface area contributed by atoms with Crippen molar-refractivity contribution in [2.24, 2.45) is 0 Å². The van der Waals surface area contributed by atoms with E-state index in [-0.39, 0.29) is 18.7 Å². The lowest BCUT2D eigenvalue weighted by Crippen LogP contribution is -2.35. The zero-order valence-electron chi connectivity index (χ0n) is 17.1. The second-order valence-electron chi connectivity index (χ2n) is 7.34. The van der Waals surface area contributed by atoms with Crippen molar-refractivity contribution in [1.29, 1.82) is 0 Å². The number of pyridine rings is 1. The van der Waals surface area contributed by atoms with Crippen molar-refractivity contribution in [1.82, 2.24) is 19.9 Å². The van der Waals surface area contributed by atoms with Gasteiger partial charge in [0.2, 0.25) is 0 Å². The third-order valence-corrected chi connectivity index (χ3v) is 5.38. The van der Waals surface area contributed by atoms with E-state index in [9.17, 15) is 9.90 Å². The Bertz CT molecular complexity index is 1060. The summed E-state index contributed by atoms with van der Waals surface area (Å²) in [6, 6.07) is 7.17. The van der Waals surface area contributed by atoms with Crippen LogP contribution in [-0.4, -0.2) is 45.9 Å². The molecule has 0 spiro atoms. The molecule has 1 aromatic carbocycles. The summed E-state index contributed by atoms with van der Waals surface area (Å²) in [6.07, 6.45) is 5.78. The molecule has 0 aliphatic heterocycles. The zero-order valence-corrected chi connectivity index (χ0v) is 17.1. The lowest BCUT2D eigenvalue weighted by atomic mass is 10.2. The lowest BCUT2D eigenvalue weighted by Gasteiger charge is -2.14. The van der Waals surface area contributed by atoms with Crippen molar-refractivity contribution in [2.45, 2.75) is 38.3 Å². The molecule has 0 saturated heterocycles. The molecule has 9 heteroatoms. The van der Waals surface area contributed by atoms with Crippen molar-refractivity contribution >= 4 is 34.4 Å². The van der Waals surface area contributed by atoms with Gasteiger partial charge in [0.25, 0.3) is 0 Å². The predicted molar refractivity (Wildman–Crippen MR) is 115 cm³/mol. The highest BCUT2D eigenvalue weighted by atomic mass is 16.5. The van der Waals surface area contributed by atoms with Crippen molar-refractivity contribution in [3.8, 4) is 5.75 Å². The van der Waals surface area contributed by atoms with Crippen LogP contribution in [-0.2, 0) is 6.61 Å². The molecule has 1 fully saturated rings. The molecule has 0 radical (unpaired) electrons. The monoisotopic (exact) mass is 410 g/mol. The number of aromatic nitrogens is 3. The van der Waals surface area contributed by atoms with Gasteiger partial charge in [-0.15, -0.1) is 0 Å². The number of carbonyl (C=O) groups is 1. The number of fused-ring (bicyclic) bond motifs is 1. The number of hydrogen-bond acceptors (Lipinski definition) is 7. The minimum atomic E-state index is -0.226. The van der Waals surface area contributed by atoms with Crippen LogP contribution in [0.15, 0.2) is 30.6 Å². The number of imidazole rings is 1. The molecule has 1 saturated carbocycles. The summed E-state index contributed by atoms with van der Waals surface area (Å²) in [7, 11) is 3.38. The number of ether oxygens (including phenoxy) is 1. The minimum Gasteiger partial charge on any atom is -0.495 e. The third kappa shape index (κ3) is 3.88. The zero-order chi connectivity index (χ0) is 21.1. The van der Waals surface area contributed by atoms with Crippen LogP contribution in [0.5, 0.6) is 5.75 Å². The Hall–Kier alpha value is -3.33. The molecule has 0 unspecified atom stereocenters. The van der Waals surface area contributed by atoms with Gasteiger partial charge in [-0.05, 0) is 30.5 Å². The first-order chi connectivity index (χ1) is 14.6. The molecule has 9 nitrogen and oxygen atoms in total. The molecule has 30 heavy (non-hydrogen) atoms. The number of methoxy groups -OCH3 is 1. The van der Waals surface area contributed by atoms with Gasteiger partial charge in [-0.1, -0.05) is 18.9 Å². The van der Waals surface area contributed by atoms with E-state index in [0.717, 1.165) is 36.9 Å². The molecular weight excluding hydrogens is 384 g/mol. The standard InChI is InChI=1S/C21H26N6O3/c1-22-16-10-18(25-15-9-13(11-28)7-8-17(15)30-2)26-20-19(16)23-12-27(20)21(29)24-14-5-3-4-6-14/h7-10,12,14,28H,3-6,11H2,1-2H3,(H,24,29)(H2,22,25,26). The summed E-state index contributed by atoms with van der Waals surface area (Å²) in [5.41, 5.74) is 3.22. The molecule has 1 aliphatic rings. The van der Waals surface area contributed by atoms with E-state index >= 15 is 0 Å². The fourth-order valence-corrected chi connectivity index (χ4v) is 3.80. The molecule has 2 aromatic heterocycles. The van der Waals surface area contributed by atoms with Gasteiger partial charge < -0.3 is 25.8 Å². The van der Waals surface area contributed by atoms with E-state index in [1.54, 1.807) is 32.4 Å². The third-order valence-electron chi connectivity index (χ3n) is 5.38. The molecule has 158 valence electrons. The summed E-state index contributed by atoms with van der Waals surface area (Å²) in [5, 5.41) is 18.9. The molecule has 1 aliphatic carbocycles. The summed E-state index contributed by atoms with van der Waals surface area (Å²) in [5.74, 6) is 1.14. The Morgan fingerprint density at radius 2 is 2.07 bits per heavy atom. The fourth-order valence-electron chi connectivity index (χ4n) is 3.80. The number of anilines is 3. The van der Waals surface area contributed by atoms with E-state index in [2.05, 4.69) is 25.9 Å². The summed E-state index contributed by atoms with van der Waals surface area (Å²) in [4.78, 5) is 21.8. The maximum absolute atomic E-state index is 12.8. The Morgan fingerprint density at radius 1 is 1.27 bits per heavy atom. The average Bonchev–Trinajstić information content (AvgIpc) is 3.42. The minimum absolute atomic E-state index is 0.0823. The molecule has 4 rings (SSSR count). The number of carbonyl (C=O) groups excluding carboxylic acids is 1. The van der Waals surface area contributed by atoms with Gasteiger partial charge in [0.05, 0.1) is 25.1 Å². The van der Waals surface area contributed by atoms with E-state index in [0.29, 0.717) is 28.4 Å². The van der Waals surface area contributed by atoms with Gasteiger partial charge in [0, 0.05) is 19.2 Å². The maximum Gasteiger partial charge on any atom is 0.328 e. The molecular formula is C21H26N6O3. The van der Waals surface area contributed by atoms with E-state index < -0.39 is 0 Å². The van der Waals surface area contributed by atoms with Crippen LogP contribution >= 0.6 is 0 Å². The number of hydrogen-bond donors (Lipinski definition) is 4. The van der Waals surface area contributed by atoms with Crippen LogP contribution in [0.3, 0.4) is 0 Å². The number of nitrogens with zero attached hydrogens (tertiary/aromatic N) is 3. The highest BCUT2D eigenvalue weighted by Gasteiger charge is 2.21. The fraction of sp³-hybridized carbons (Fsp3) is 0.381. The number of nitrogens with one attached hydrogen (secondary N) is 3. The molecule has 0 atom stereocenters. The SMILES string of the molecule is CNc1cc(Nc2cc(CO)ccc2OC)nc2c1ncn2C(=O)NC1CCCC1. The second kappa shape index (κ2) is 8.58. The second-order valence-corrected chi connectivity index (χ2v) is 7.34. The van der Waals surface area contributed by atoms with Gasteiger partial charge in [0.1, 0.15) is 23.4 Å². The van der Waals surface area contributed by atoms with Crippen LogP contribution in [0.25, 0.3) is 11.2 Å². The molecule has 3 aromatic rings. The topological polar surface area (TPSA) is 113 Å². The molecule has 0 bridgehead atoms. The first-order valence-electron chi connectivity index (χ1n) is 10.0. The molecule has 2 heterocycles. The van der Waals surface area contributed by atoms with Gasteiger partial charge in [-0.3, -0.25) is 0 Å². The number of benzene rings is 1. The summed E-state index contributed by atoms with van der Waals surface area (Å²) in [6.45, 7) is -0.0823. The van der Waals surface area contributed by atoms with Crippen LogP contribution in [0.4, 0.5) is 22.0 Å². The Morgan fingerprint density at radius 3 is 2.77 bits per heavy atom. The highest BCUT2D eigenvalue weighted by Crippen LogP contribution is 2.31. The van der Waals surface area contributed by atoms with Gasteiger partial charge in [-0.25, -0.2) is 19.3 Å². The number of aliphatic hydroxyl groups excluding tert-OH is 1. The van der Waals surface area contributed by atoms with E-state index in [1.807, 2.05) is 6.07 Å². The normalized spacial score (nSPS) is 14.1. The molecule has 4 N–H and O–H groups in total. The van der Waals surface area contributed by atoms with Gasteiger partial charge in [0.15, 0.2) is 5.65 Å². The van der Waals surface area contributed by atoms with Crippen molar-refractivity contribution in [2.75, 3.05) is 24.8 Å². The smallest absolute Gasteiger partial charge is 0.328 e. The van der Waals surface area contributed by atoms with E-state index in [4.69, 9.17) is 4.74 Å². The van der Waals surface area contributed by atoms with Crippen molar-refractivity contribution in [3.63, 3.8) is 0 Å². The first-order valence-corrected chi connectivity index (χ1v) is 10.0. The van der Waals surface area contributed by atoms with E-state index in [1.165, 1.54) is 10.9 Å². The Kier molecular flexibility index (Phi) is 5.71. The maximum atomic E-state index is 12.8. The van der Waals surface area contributed by atoms with Gasteiger partial charge in [-0.2, -0.15) is 0 Å². The van der Waals surface area contributed by atoms with Crippen molar-refractivity contribution < 1.29 is 14.6 Å². The number of amides is 1.